The lowest BCUT2D eigenvalue weighted by molar-refractivity contribution is 0.171. The Balaban J connectivity index is 1.57. The average Bonchev–Trinajstić information content (AvgIpc) is 3.10. The number of ether oxygens (including phenoxy) is 1. The molecular formula is C19H28ClN3O2. The van der Waals surface area contributed by atoms with Crippen LogP contribution < -0.4 is 15.0 Å². The van der Waals surface area contributed by atoms with Crippen molar-refractivity contribution >= 4 is 23.3 Å². The maximum absolute atomic E-state index is 12.6. The fourth-order valence-electron chi connectivity index (χ4n) is 3.92. The molecule has 5 nitrogen and oxygen atoms in total. The summed E-state index contributed by atoms with van der Waals surface area (Å²) in [7, 11) is 3.60. The van der Waals surface area contributed by atoms with Gasteiger partial charge in [0.2, 0.25) is 0 Å². The minimum absolute atomic E-state index is 0.0526. The first-order valence-corrected chi connectivity index (χ1v) is 9.58. The average molecular weight is 366 g/mol. The van der Waals surface area contributed by atoms with Crippen molar-refractivity contribution in [3.05, 3.63) is 23.2 Å². The zero-order valence-electron chi connectivity index (χ0n) is 15.1. The van der Waals surface area contributed by atoms with Gasteiger partial charge in [-0.25, -0.2) is 4.79 Å². The minimum atomic E-state index is 0.0526. The maximum atomic E-state index is 12.6. The van der Waals surface area contributed by atoms with Gasteiger partial charge in [-0.05, 0) is 37.5 Å². The molecule has 0 spiro atoms. The van der Waals surface area contributed by atoms with Crippen LogP contribution in [0.15, 0.2) is 18.2 Å². The van der Waals surface area contributed by atoms with Gasteiger partial charge in [0, 0.05) is 37.2 Å². The highest BCUT2D eigenvalue weighted by atomic mass is 35.5. The van der Waals surface area contributed by atoms with Crippen molar-refractivity contribution in [2.45, 2.75) is 50.6 Å². The van der Waals surface area contributed by atoms with Crippen LogP contribution in [0.3, 0.4) is 0 Å². The van der Waals surface area contributed by atoms with Crippen molar-refractivity contribution in [1.29, 1.82) is 0 Å². The predicted molar refractivity (Wildman–Crippen MR) is 102 cm³/mol. The van der Waals surface area contributed by atoms with E-state index in [9.17, 15) is 4.79 Å². The standard InChI is InChI=1S/C19H28ClN3O2/c1-22(16-6-4-3-5-7-16)19(24)21-15-10-11-23(13-15)17-12-14(20)8-9-18(17)25-2/h8-9,12,15-16H,3-7,10-11,13H2,1-2H3,(H,21,24). The summed E-state index contributed by atoms with van der Waals surface area (Å²) in [5, 5.41) is 3.89. The van der Waals surface area contributed by atoms with Crippen molar-refractivity contribution in [2.75, 3.05) is 32.1 Å². The van der Waals surface area contributed by atoms with E-state index in [0.29, 0.717) is 11.1 Å². The second-order valence-corrected chi connectivity index (χ2v) is 7.54. The number of rotatable bonds is 4. The SMILES string of the molecule is COc1ccc(Cl)cc1N1CCC(NC(=O)N(C)C2CCCCC2)C1. The van der Waals surface area contributed by atoms with E-state index in [-0.39, 0.29) is 12.1 Å². The van der Waals surface area contributed by atoms with E-state index in [4.69, 9.17) is 16.3 Å². The Bertz CT molecular complexity index is 604. The molecule has 1 saturated heterocycles. The molecule has 1 N–H and O–H groups in total. The molecule has 1 aromatic carbocycles. The molecule has 1 aliphatic carbocycles. The van der Waals surface area contributed by atoms with Crippen molar-refractivity contribution < 1.29 is 9.53 Å². The van der Waals surface area contributed by atoms with Crippen molar-refractivity contribution in [3.63, 3.8) is 0 Å². The van der Waals surface area contributed by atoms with Crippen molar-refractivity contribution in [1.82, 2.24) is 10.2 Å². The predicted octanol–water partition coefficient (Wildman–Crippen LogP) is 3.90. The highest BCUT2D eigenvalue weighted by molar-refractivity contribution is 6.30. The lowest BCUT2D eigenvalue weighted by Gasteiger charge is -2.32. The van der Waals surface area contributed by atoms with Gasteiger partial charge < -0.3 is 19.9 Å². The van der Waals surface area contributed by atoms with Gasteiger partial charge in [0.25, 0.3) is 0 Å². The molecule has 1 heterocycles. The van der Waals surface area contributed by atoms with Gasteiger partial charge >= 0.3 is 6.03 Å². The zero-order chi connectivity index (χ0) is 17.8. The van der Waals surface area contributed by atoms with E-state index in [1.165, 1.54) is 19.3 Å². The van der Waals surface area contributed by atoms with Crippen LogP contribution in [0.2, 0.25) is 5.02 Å². The highest BCUT2D eigenvalue weighted by Gasteiger charge is 2.29. The van der Waals surface area contributed by atoms with Crippen LogP contribution in [0.4, 0.5) is 10.5 Å². The van der Waals surface area contributed by atoms with Crippen molar-refractivity contribution in [2.24, 2.45) is 0 Å². The third-order valence-corrected chi connectivity index (χ3v) is 5.68. The highest BCUT2D eigenvalue weighted by Crippen LogP contribution is 2.33. The number of carbonyl (C=O) groups excluding carboxylic acids is 1. The molecule has 0 radical (unpaired) electrons. The van der Waals surface area contributed by atoms with Crippen LogP contribution in [-0.4, -0.2) is 50.3 Å². The minimum Gasteiger partial charge on any atom is -0.495 e. The van der Waals surface area contributed by atoms with E-state index < -0.39 is 0 Å². The number of carbonyl (C=O) groups is 1. The van der Waals surface area contributed by atoms with Crippen LogP contribution >= 0.6 is 11.6 Å². The van der Waals surface area contributed by atoms with E-state index in [1.54, 1.807) is 7.11 Å². The molecular weight excluding hydrogens is 338 g/mol. The molecule has 3 rings (SSSR count). The summed E-state index contributed by atoms with van der Waals surface area (Å²) < 4.78 is 5.45. The molecule has 1 saturated carbocycles. The fraction of sp³-hybridized carbons (Fsp3) is 0.632. The van der Waals surface area contributed by atoms with E-state index in [2.05, 4.69) is 10.2 Å². The zero-order valence-corrected chi connectivity index (χ0v) is 15.9. The number of methoxy groups -OCH3 is 1. The van der Waals surface area contributed by atoms with Crippen LogP contribution in [0, 0.1) is 0 Å². The number of anilines is 1. The third-order valence-electron chi connectivity index (χ3n) is 5.44. The number of nitrogens with zero attached hydrogens (tertiary/aromatic N) is 2. The topological polar surface area (TPSA) is 44.8 Å². The first kappa shape index (κ1) is 18.2. The molecule has 1 aliphatic heterocycles. The van der Waals surface area contributed by atoms with Gasteiger partial charge in [-0.2, -0.15) is 0 Å². The molecule has 2 fully saturated rings. The van der Waals surface area contributed by atoms with Gasteiger partial charge in [-0.15, -0.1) is 0 Å². The van der Waals surface area contributed by atoms with Gasteiger partial charge in [0.1, 0.15) is 5.75 Å². The molecule has 138 valence electrons. The second kappa shape index (κ2) is 8.17. The lowest BCUT2D eigenvalue weighted by atomic mass is 9.95. The number of benzene rings is 1. The second-order valence-electron chi connectivity index (χ2n) is 7.10. The van der Waals surface area contributed by atoms with Crippen LogP contribution in [0.25, 0.3) is 0 Å². The summed E-state index contributed by atoms with van der Waals surface area (Å²) in [5.74, 6) is 0.815. The summed E-state index contributed by atoms with van der Waals surface area (Å²) >= 11 is 6.14. The normalized spacial score (nSPS) is 21.2. The Labute approximate surface area is 155 Å². The largest absolute Gasteiger partial charge is 0.495 e. The number of urea groups is 1. The molecule has 0 aromatic heterocycles. The summed E-state index contributed by atoms with van der Waals surface area (Å²) in [4.78, 5) is 16.7. The van der Waals surface area contributed by atoms with E-state index in [0.717, 1.165) is 43.8 Å². The first-order chi connectivity index (χ1) is 12.1. The third kappa shape index (κ3) is 4.32. The molecule has 2 amide bonds. The van der Waals surface area contributed by atoms with Gasteiger partial charge in [-0.3, -0.25) is 0 Å². The molecule has 25 heavy (non-hydrogen) atoms. The van der Waals surface area contributed by atoms with Gasteiger partial charge in [-0.1, -0.05) is 30.9 Å². The number of nitrogens with one attached hydrogen (secondary N) is 1. The summed E-state index contributed by atoms with van der Waals surface area (Å²) in [5.41, 5.74) is 0.993. The Hall–Kier alpha value is -1.62. The van der Waals surface area contributed by atoms with Crippen LogP contribution in [0.5, 0.6) is 5.75 Å². The lowest BCUT2D eigenvalue weighted by Crippen LogP contribution is -2.48. The Morgan fingerprint density at radius 3 is 2.76 bits per heavy atom. The summed E-state index contributed by atoms with van der Waals surface area (Å²) in [6.45, 7) is 1.66. The van der Waals surface area contributed by atoms with E-state index >= 15 is 0 Å². The Kier molecular flexibility index (Phi) is 5.94. The number of amides is 2. The summed E-state index contributed by atoms with van der Waals surface area (Å²) in [6.07, 6.45) is 6.94. The Morgan fingerprint density at radius 2 is 2.04 bits per heavy atom. The molecule has 1 aromatic rings. The van der Waals surface area contributed by atoms with Gasteiger partial charge in [0.15, 0.2) is 0 Å². The number of hydrogen-bond acceptors (Lipinski definition) is 3. The maximum Gasteiger partial charge on any atom is 0.317 e. The summed E-state index contributed by atoms with van der Waals surface area (Å²) in [6, 6.07) is 6.25. The monoisotopic (exact) mass is 365 g/mol. The smallest absolute Gasteiger partial charge is 0.317 e. The quantitative estimate of drug-likeness (QED) is 0.880. The van der Waals surface area contributed by atoms with Crippen LogP contribution in [0.1, 0.15) is 38.5 Å². The molecule has 1 unspecified atom stereocenters. The van der Waals surface area contributed by atoms with Gasteiger partial charge in [0.05, 0.1) is 12.8 Å². The number of hydrogen-bond donors (Lipinski definition) is 1. The fourth-order valence-corrected chi connectivity index (χ4v) is 4.08. The first-order valence-electron chi connectivity index (χ1n) is 9.20. The Morgan fingerprint density at radius 1 is 1.28 bits per heavy atom. The molecule has 1 atom stereocenters. The van der Waals surface area contributed by atoms with Crippen molar-refractivity contribution in [3.8, 4) is 5.75 Å². The van der Waals surface area contributed by atoms with E-state index in [1.807, 2.05) is 30.1 Å². The molecule has 0 bridgehead atoms. The molecule has 2 aliphatic rings. The number of halogens is 1. The van der Waals surface area contributed by atoms with Crippen LogP contribution in [-0.2, 0) is 0 Å². The molecule has 6 heteroatoms.